The van der Waals surface area contributed by atoms with E-state index in [2.05, 4.69) is 20.0 Å². The van der Waals surface area contributed by atoms with Crippen molar-refractivity contribution >= 4 is 21.6 Å². The molecule has 2 aromatic heterocycles. The monoisotopic (exact) mass is 439 g/mol. The first-order valence-electron chi connectivity index (χ1n) is 8.56. The zero-order valence-electron chi connectivity index (χ0n) is 15.3. The number of alkyl halides is 3. The summed E-state index contributed by atoms with van der Waals surface area (Å²) >= 11 is 0. The molecule has 0 aliphatic carbocycles. The van der Waals surface area contributed by atoms with E-state index >= 15 is 0 Å². The fourth-order valence-electron chi connectivity index (χ4n) is 2.45. The summed E-state index contributed by atoms with van der Waals surface area (Å²) in [6, 6.07) is 6.64. The minimum Gasteiger partial charge on any atom is -0.325 e. The molecular weight excluding hydrogens is 423 g/mol. The second-order valence-corrected chi connectivity index (χ2v) is 7.86. The van der Waals surface area contributed by atoms with Crippen molar-refractivity contribution in [3.8, 4) is 5.82 Å². The molecule has 0 unspecified atom stereocenters. The van der Waals surface area contributed by atoms with Crippen molar-refractivity contribution in [3.05, 3.63) is 66.9 Å². The second kappa shape index (κ2) is 8.63. The van der Waals surface area contributed by atoms with Gasteiger partial charge in [-0.05, 0) is 30.3 Å². The Morgan fingerprint density at radius 2 is 1.97 bits per heavy atom. The van der Waals surface area contributed by atoms with Gasteiger partial charge in [0.25, 0.3) is 0 Å². The highest BCUT2D eigenvalue weighted by molar-refractivity contribution is 7.89. The summed E-state index contributed by atoms with van der Waals surface area (Å²) in [7, 11) is -4.19. The Bertz CT molecular complexity index is 1110. The minimum absolute atomic E-state index is 0.221. The predicted octanol–water partition coefficient (Wildman–Crippen LogP) is 2.59. The summed E-state index contributed by atoms with van der Waals surface area (Å²) in [6.45, 7) is -0.287. The van der Waals surface area contributed by atoms with Crippen LogP contribution in [0.3, 0.4) is 0 Å². The molecule has 8 nitrogen and oxygen atoms in total. The molecule has 0 fully saturated rings. The van der Waals surface area contributed by atoms with E-state index in [0.29, 0.717) is 17.6 Å². The SMILES string of the molecule is O=C(CCNS(=O)(=O)c1cccc(C(F)(F)F)c1)Nc1ccc(-n2ccnc2)nc1. The van der Waals surface area contributed by atoms with E-state index in [-0.39, 0.29) is 13.0 Å². The number of sulfonamides is 1. The van der Waals surface area contributed by atoms with Crippen LogP contribution < -0.4 is 10.0 Å². The molecule has 0 saturated carbocycles. The molecule has 0 aliphatic heterocycles. The topological polar surface area (TPSA) is 106 Å². The summed E-state index contributed by atoms with van der Waals surface area (Å²) in [5.74, 6) is 0.110. The number of imidazole rings is 1. The summed E-state index contributed by atoms with van der Waals surface area (Å²) < 4.78 is 66.4. The van der Waals surface area contributed by atoms with Gasteiger partial charge in [0.05, 0.1) is 22.3 Å². The smallest absolute Gasteiger partial charge is 0.325 e. The van der Waals surface area contributed by atoms with Crippen molar-refractivity contribution in [1.29, 1.82) is 0 Å². The van der Waals surface area contributed by atoms with Crippen molar-refractivity contribution in [1.82, 2.24) is 19.3 Å². The molecule has 0 aliphatic rings. The maximum atomic E-state index is 12.7. The first-order valence-corrected chi connectivity index (χ1v) is 10.0. The Kier molecular flexibility index (Phi) is 6.17. The molecular formula is C18H16F3N5O3S. The van der Waals surface area contributed by atoms with Gasteiger partial charge in [0.1, 0.15) is 12.1 Å². The standard InChI is InChI=1S/C18H16F3N5O3S/c19-18(20,21)13-2-1-3-15(10-13)30(28,29)24-7-6-17(27)25-14-4-5-16(23-11-14)26-9-8-22-12-26/h1-5,8-12,24H,6-7H2,(H,25,27). The molecule has 1 aromatic carbocycles. The van der Waals surface area contributed by atoms with E-state index in [4.69, 9.17) is 0 Å². The first kappa shape index (κ1) is 21.5. The van der Waals surface area contributed by atoms with Crippen LogP contribution in [0, 0.1) is 0 Å². The van der Waals surface area contributed by atoms with Crippen LogP contribution in [0.15, 0.2) is 66.2 Å². The third-order valence-corrected chi connectivity index (χ3v) is 5.38. The number of hydrogen-bond acceptors (Lipinski definition) is 5. The summed E-state index contributed by atoms with van der Waals surface area (Å²) in [4.78, 5) is 19.5. The number of nitrogens with zero attached hydrogens (tertiary/aromatic N) is 3. The van der Waals surface area contributed by atoms with Crippen LogP contribution >= 0.6 is 0 Å². The Balaban J connectivity index is 1.54. The van der Waals surface area contributed by atoms with E-state index < -0.39 is 32.6 Å². The summed E-state index contributed by atoms with van der Waals surface area (Å²) in [5.41, 5.74) is -0.667. The Morgan fingerprint density at radius 1 is 1.17 bits per heavy atom. The third kappa shape index (κ3) is 5.42. The summed E-state index contributed by atoms with van der Waals surface area (Å²) in [5, 5.41) is 2.56. The molecule has 0 spiro atoms. The minimum atomic E-state index is -4.66. The molecule has 0 saturated heterocycles. The number of rotatable bonds is 7. The Labute approximate surface area is 169 Å². The van der Waals surface area contributed by atoms with Gasteiger partial charge >= 0.3 is 6.18 Å². The van der Waals surface area contributed by atoms with Crippen LogP contribution in [0.5, 0.6) is 0 Å². The Hall–Kier alpha value is -3.25. The molecule has 2 heterocycles. The lowest BCUT2D eigenvalue weighted by molar-refractivity contribution is -0.137. The predicted molar refractivity (Wildman–Crippen MR) is 101 cm³/mol. The van der Waals surface area contributed by atoms with E-state index in [1.54, 1.807) is 35.4 Å². The lowest BCUT2D eigenvalue weighted by Gasteiger charge is -2.10. The van der Waals surface area contributed by atoms with Crippen molar-refractivity contribution in [3.63, 3.8) is 0 Å². The molecule has 3 aromatic rings. The van der Waals surface area contributed by atoms with Gasteiger partial charge in [-0.1, -0.05) is 6.07 Å². The fraction of sp³-hybridized carbons (Fsp3) is 0.167. The first-order chi connectivity index (χ1) is 14.1. The number of nitrogens with one attached hydrogen (secondary N) is 2. The Morgan fingerprint density at radius 3 is 2.60 bits per heavy atom. The average Bonchev–Trinajstić information content (AvgIpc) is 3.23. The number of hydrogen-bond donors (Lipinski definition) is 2. The maximum Gasteiger partial charge on any atom is 0.416 e. The molecule has 2 N–H and O–H groups in total. The zero-order chi connectivity index (χ0) is 21.8. The number of benzene rings is 1. The van der Waals surface area contributed by atoms with Crippen LogP contribution in [0.4, 0.5) is 18.9 Å². The number of carbonyl (C=O) groups excluding carboxylic acids is 1. The van der Waals surface area contributed by atoms with Crippen molar-refractivity contribution in [2.24, 2.45) is 0 Å². The number of amides is 1. The van der Waals surface area contributed by atoms with Gasteiger partial charge < -0.3 is 5.32 Å². The van der Waals surface area contributed by atoms with E-state index in [9.17, 15) is 26.4 Å². The number of aromatic nitrogens is 3. The molecule has 0 radical (unpaired) electrons. The fourth-order valence-corrected chi connectivity index (χ4v) is 3.53. The van der Waals surface area contributed by atoms with E-state index in [0.717, 1.165) is 18.2 Å². The van der Waals surface area contributed by atoms with Crippen LogP contribution in [-0.2, 0) is 21.0 Å². The lowest BCUT2D eigenvalue weighted by Crippen LogP contribution is -2.28. The number of carbonyl (C=O) groups is 1. The van der Waals surface area contributed by atoms with Crippen molar-refractivity contribution in [2.45, 2.75) is 17.5 Å². The number of anilines is 1. The van der Waals surface area contributed by atoms with Gasteiger partial charge in [0, 0.05) is 25.4 Å². The summed E-state index contributed by atoms with van der Waals surface area (Å²) in [6.07, 6.45) is 1.42. The average molecular weight is 439 g/mol. The van der Waals surface area contributed by atoms with Gasteiger partial charge in [-0.2, -0.15) is 13.2 Å². The van der Waals surface area contributed by atoms with Gasteiger partial charge in [-0.15, -0.1) is 0 Å². The second-order valence-electron chi connectivity index (χ2n) is 6.10. The molecule has 30 heavy (non-hydrogen) atoms. The molecule has 0 atom stereocenters. The van der Waals surface area contributed by atoms with Crippen LogP contribution in [0.1, 0.15) is 12.0 Å². The van der Waals surface area contributed by atoms with Gasteiger partial charge in [-0.25, -0.2) is 23.1 Å². The normalized spacial score (nSPS) is 12.0. The lowest BCUT2D eigenvalue weighted by atomic mass is 10.2. The van der Waals surface area contributed by atoms with Gasteiger partial charge in [0.2, 0.25) is 15.9 Å². The number of pyridine rings is 1. The molecule has 12 heteroatoms. The highest BCUT2D eigenvalue weighted by atomic mass is 32.2. The van der Waals surface area contributed by atoms with Crippen molar-refractivity contribution in [2.75, 3.05) is 11.9 Å². The molecule has 0 bridgehead atoms. The highest BCUT2D eigenvalue weighted by Crippen LogP contribution is 2.30. The highest BCUT2D eigenvalue weighted by Gasteiger charge is 2.31. The van der Waals surface area contributed by atoms with Crippen LogP contribution in [0.2, 0.25) is 0 Å². The zero-order valence-corrected chi connectivity index (χ0v) is 16.1. The van der Waals surface area contributed by atoms with E-state index in [1.165, 1.54) is 6.20 Å². The van der Waals surface area contributed by atoms with E-state index in [1.807, 2.05) is 0 Å². The van der Waals surface area contributed by atoms with Gasteiger partial charge in [-0.3, -0.25) is 9.36 Å². The molecule has 3 rings (SSSR count). The third-order valence-electron chi connectivity index (χ3n) is 3.92. The largest absolute Gasteiger partial charge is 0.416 e. The molecule has 1 amide bonds. The van der Waals surface area contributed by atoms with Gasteiger partial charge in [0.15, 0.2) is 0 Å². The van der Waals surface area contributed by atoms with Crippen molar-refractivity contribution < 1.29 is 26.4 Å². The quantitative estimate of drug-likeness (QED) is 0.589. The van der Waals surface area contributed by atoms with Crippen LogP contribution in [0.25, 0.3) is 5.82 Å². The van der Waals surface area contributed by atoms with Crippen LogP contribution in [-0.4, -0.2) is 35.4 Å². The molecule has 158 valence electrons. The maximum absolute atomic E-state index is 12.7. The number of halogens is 3.